The molecule has 2 heterocycles. The van der Waals surface area contributed by atoms with Gasteiger partial charge in [0.1, 0.15) is 5.82 Å². The number of piperazine rings is 1. The molecule has 0 atom stereocenters. The summed E-state index contributed by atoms with van der Waals surface area (Å²) in [6, 6.07) is 5.94. The first-order valence-corrected chi connectivity index (χ1v) is 10.8. The summed E-state index contributed by atoms with van der Waals surface area (Å²) in [6.45, 7) is 10.2. The molecule has 1 aliphatic heterocycles. The molecule has 2 rings (SSSR count). The Labute approximate surface area is 156 Å². The van der Waals surface area contributed by atoms with Gasteiger partial charge in [0.25, 0.3) is 0 Å². The second-order valence-electron chi connectivity index (χ2n) is 7.09. The third-order valence-corrected chi connectivity index (χ3v) is 4.90. The van der Waals surface area contributed by atoms with Gasteiger partial charge in [0.15, 0.2) is 5.96 Å². The molecule has 146 valence electrons. The van der Waals surface area contributed by atoms with Crippen LogP contribution in [0.25, 0.3) is 0 Å². The van der Waals surface area contributed by atoms with Gasteiger partial charge in [0.2, 0.25) is 10.0 Å². The maximum Gasteiger partial charge on any atom is 0.209 e. The van der Waals surface area contributed by atoms with E-state index >= 15 is 0 Å². The van der Waals surface area contributed by atoms with Crippen molar-refractivity contribution in [1.29, 1.82) is 0 Å². The van der Waals surface area contributed by atoms with Gasteiger partial charge in [-0.1, -0.05) is 6.07 Å². The molecule has 0 radical (unpaired) electrons. The largest absolute Gasteiger partial charge is 0.357 e. The first-order chi connectivity index (χ1) is 12.2. The maximum atomic E-state index is 11.5. The fourth-order valence-electron chi connectivity index (χ4n) is 2.92. The maximum absolute atomic E-state index is 11.5. The van der Waals surface area contributed by atoms with E-state index in [-0.39, 0.29) is 0 Å². The molecule has 1 aromatic rings. The van der Waals surface area contributed by atoms with Gasteiger partial charge >= 0.3 is 0 Å². The zero-order chi connectivity index (χ0) is 19.2. The van der Waals surface area contributed by atoms with Crippen molar-refractivity contribution in [3.8, 4) is 0 Å². The smallest absolute Gasteiger partial charge is 0.209 e. The number of aromatic nitrogens is 1. The van der Waals surface area contributed by atoms with Crippen LogP contribution in [-0.2, 0) is 10.0 Å². The highest BCUT2D eigenvalue weighted by molar-refractivity contribution is 7.88. The van der Waals surface area contributed by atoms with Crippen molar-refractivity contribution in [2.75, 3.05) is 50.4 Å². The number of anilines is 1. The van der Waals surface area contributed by atoms with Gasteiger partial charge in [-0.3, -0.25) is 4.99 Å². The topological polar surface area (TPSA) is 89.9 Å². The zero-order valence-corrected chi connectivity index (χ0v) is 16.9. The molecule has 0 saturated carbocycles. The first kappa shape index (κ1) is 20.4. The Balaban J connectivity index is 1.99. The summed E-state index contributed by atoms with van der Waals surface area (Å²) >= 11 is 0. The molecule has 1 fully saturated rings. The molecule has 26 heavy (non-hydrogen) atoms. The summed E-state index contributed by atoms with van der Waals surface area (Å²) in [5, 5.41) is 3.31. The van der Waals surface area contributed by atoms with E-state index < -0.39 is 15.6 Å². The van der Waals surface area contributed by atoms with Crippen molar-refractivity contribution in [1.82, 2.24) is 19.9 Å². The number of aliphatic imine (C=N–C) groups is 1. The fraction of sp³-hybridized carbons (Fsp3) is 0.647. The second kappa shape index (κ2) is 8.68. The highest BCUT2D eigenvalue weighted by Crippen LogP contribution is 2.13. The number of nitrogens with zero attached hydrogens (tertiary/aromatic N) is 4. The standard InChI is InChI=1S/C17H30N6O2S/c1-5-18-16(20-14-17(2,3)21-26(4,24)25)23-12-10-22(11-13-23)15-8-6-7-9-19-15/h6-9,21H,5,10-14H2,1-4H3,(H,18,20). The van der Waals surface area contributed by atoms with Gasteiger partial charge in [0.05, 0.1) is 12.8 Å². The zero-order valence-electron chi connectivity index (χ0n) is 16.1. The van der Waals surface area contributed by atoms with Gasteiger partial charge in [-0.25, -0.2) is 18.1 Å². The predicted molar refractivity (Wildman–Crippen MR) is 106 cm³/mol. The van der Waals surface area contributed by atoms with E-state index in [0.29, 0.717) is 6.54 Å². The fourth-order valence-corrected chi connectivity index (χ4v) is 3.99. The van der Waals surface area contributed by atoms with Crippen molar-refractivity contribution < 1.29 is 8.42 Å². The summed E-state index contributed by atoms with van der Waals surface area (Å²) in [7, 11) is -3.27. The molecule has 2 N–H and O–H groups in total. The third kappa shape index (κ3) is 6.45. The molecular formula is C17H30N6O2S. The minimum Gasteiger partial charge on any atom is -0.357 e. The Hall–Kier alpha value is -1.87. The van der Waals surface area contributed by atoms with Crippen molar-refractivity contribution >= 4 is 21.8 Å². The van der Waals surface area contributed by atoms with E-state index in [9.17, 15) is 8.42 Å². The van der Waals surface area contributed by atoms with Gasteiger partial charge in [0, 0.05) is 44.5 Å². The van der Waals surface area contributed by atoms with Crippen LogP contribution in [0.1, 0.15) is 20.8 Å². The number of guanidine groups is 1. The van der Waals surface area contributed by atoms with Gasteiger partial charge in [-0.15, -0.1) is 0 Å². The summed E-state index contributed by atoms with van der Waals surface area (Å²) < 4.78 is 25.6. The molecule has 0 bridgehead atoms. The van der Waals surface area contributed by atoms with Crippen LogP contribution in [0.4, 0.5) is 5.82 Å². The van der Waals surface area contributed by atoms with Gasteiger partial charge in [-0.2, -0.15) is 0 Å². The lowest BCUT2D eigenvalue weighted by Gasteiger charge is -2.37. The average Bonchev–Trinajstić information content (AvgIpc) is 2.57. The van der Waals surface area contributed by atoms with E-state index in [4.69, 9.17) is 0 Å². The number of hydrogen-bond acceptors (Lipinski definition) is 5. The minimum absolute atomic E-state index is 0.364. The number of hydrogen-bond donors (Lipinski definition) is 2. The Morgan fingerprint density at radius 3 is 2.50 bits per heavy atom. The first-order valence-electron chi connectivity index (χ1n) is 8.88. The molecule has 0 amide bonds. The van der Waals surface area contributed by atoms with Crippen molar-refractivity contribution in [3.63, 3.8) is 0 Å². The van der Waals surface area contributed by atoms with Crippen LogP contribution in [0.15, 0.2) is 29.4 Å². The summed E-state index contributed by atoms with van der Waals surface area (Å²) in [5.41, 5.74) is -0.635. The monoisotopic (exact) mass is 382 g/mol. The molecule has 0 aliphatic carbocycles. The van der Waals surface area contributed by atoms with Crippen molar-refractivity contribution in [2.24, 2.45) is 4.99 Å². The molecule has 0 spiro atoms. The van der Waals surface area contributed by atoms with Crippen LogP contribution in [0.5, 0.6) is 0 Å². The number of pyridine rings is 1. The molecule has 1 aromatic heterocycles. The Morgan fingerprint density at radius 1 is 1.27 bits per heavy atom. The average molecular weight is 383 g/mol. The summed E-state index contributed by atoms with van der Waals surface area (Å²) in [5.74, 6) is 1.81. The molecule has 1 aliphatic rings. The Morgan fingerprint density at radius 2 is 1.96 bits per heavy atom. The summed E-state index contributed by atoms with van der Waals surface area (Å²) in [4.78, 5) is 13.5. The lowest BCUT2D eigenvalue weighted by Crippen LogP contribution is -2.53. The van der Waals surface area contributed by atoms with Crippen LogP contribution >= 0.6 is 0 Å². The predicted octanol–water partition coefficient (Wildman–Crippen LogP) is 0.497. The molecule has 9 heteroatoms. The number of sulfonamides is 1. The van der Waals surface area contributed by atoms with Gasteiger partial charge < -0.3 is 15.1 Å². The van der Waals surface area contributed by atoms with E-state index in [2.05, 4.69) is 29.8 Å². The van der Waals surface area contributed by atoms with Crippen molar-refractivity contribution in [2.45, 2.75) is 26.3 Å². The van der Waals surface area contributed by atoms with E-state index in [1.54, 1.807) is 0 Å². The lowest BCUT2D eigenvalue weighted by molar-refractivity contribution is 0.368. The SMILES string of the molecule is CCNC(=NCC(C)(C)NS(C)(=O)=O)N1CCN(c2ccccn2)CC1. The molecular weight excluding hydrogens is 352 g/mol. The van der Waals surface area contributed by atoms with Crippen LogP contribution in [0, 0.1) is 0 Å². The highest BCUT2D eigenvalue weighted by Gasteiger charge is 2.24. The minimum atomic E-state index is -3.27. The molecule has 1 saturated heterocycles. The lowest BCUT2D eigenvalue weighted by atomic mass is 10.1. The van der Waals surface area contributed by atoms with E-state index in [0.717, 1.165) is 44.5 Å². The quantitative estimate of drug-likeness (QED) is 0.550. The number of nitrogens with one attached hydrogen (secondary N) is 2. The Bertz CT molecular complexity index is 697. The molecule has 0 unspecified atom stereocenters. The summed E-state index contributed by atoms with van der Waals surface area (Å²) in [6.07, 6.45) is 2.98. The highest BCUT2D eigenvalue weighted by atomic mass is 32.2. The van der Waals surface area contributed by atoms with E-state index in [1.165, 1.54) is 6.26 Å². The van der Waals surface area contributed by atoms with Crippen LogP contribution in [0.2, 0.25) is 0 Å². The van der Waals surface area contributed by atoms with Gasteiger partial charge in [-0.05, 0) is 32.9 Å². The van der Waals surface area contributed by atoms with Crippen LogP contribution < -0.4 is 14.9 Å². The van der Waals surface area contributed by atoms with Crippen LogP contribution in [-0.4, -0.2) is 75.3 Å². The second-order valence-corrected chi connectivity index (χ2v) is 8.84. The molecule has 8 nitrogen and oxygen atoms in total. The van der Waals surface area contributed by atoms with Crippen LogP contribution in [0.3, 0.4) is 0 Å². The number of rotatable bonds is 6. The third-order valence-electron chi connectivity index (χ3n) is 3.97. The Kier molecular flexibility index (Phi) is 6.82. The van der Waals surface area contributed by atoms with Crippen molar-refractivity contribution in [3.05, 3.63) is 24.4 Å². The molecule has 0 aromatic carbocycles. The van der Waals surface area contributed by atoms with E-state index in [1.807, 2.05) is 45.2 Å². The normalized spacial score (nSPS) is 16.7.